The molecule has 1 aliphatic heterocycles. The fourth-order valence-electron chi connectivity index (χ4n) is 5.61. The van der Waals surface area contributed by atoms with E-state index < -0.39 is 0 Å². The van der Waals surface area contributed by atoms with Crippen LogP contribution in [0.1, 0.15) is 86.2 Å². The van der Waals surface area contributed by atoms with Crippen molar-refractivity contribution in [1.82, 2.24) is 34.6 Å². The van der Waals surface area contributed by atoms with E-state index in [1.807, 2.05) is 80.9 Å². The van der Waals surface area contributed by atoms with Gasteiger partial charge in [-0.1, -0.05) is 107 Å². The Morgan fingerprint density at radius 1 is 0.907 bits per heavy atom. The standard InChI is InChI=1S/C31H39N9OS2.C9H12O.Zn/c1-30(2,3)26-35-36-28(43-26)34-29(39(20-22-11-9-14-32-19-22)17-10-16-38-18-15-33-21-38)40-25(23-12-7-8-13-24(23)41)42-27(37-40)31(4,5)6;1-6-4-7(2)9(10)8(3)5-6;/h7-9,11-15,18-19,21,25,41H,10,16-17,20H2,1-6H3;4-5,10H,1-3H3;/b34-29+;;. The van der Waals surface area contributed by atoms with Gasteiger partial charge in [-0.2, -0.15) is 10.1 Å². The third-order valence-electron chi connectivity index (χ3n) is 8.36. The Bertz CT molecular complexity index is 2000. The third kappa shape index (κ3) is 11.2. The van der Waals surface area contributed by atoms with Gasteiger partial charge in [0.05, 0.1) is 6.33 Å². The van der Waals surface area contributed by atoms with Crippen LogP contribution < -0.4 is 0 Å². The van der Waals surface area contributed by atoms with Crippen LogP contribution in [0.3, 0.4) is 0 Å². The van der Waals surface area contributed by atoms with E-state index in [0.29, 0.717) is 29.9 Å². The van der Waals surface area contributed by atoms with Gasteiger partial charge in [-0.05, 0) is 56.0 Å². The number of phenols is 2. The van der Waals surface area contributed by atoms with E-state index in [1.165, 1.54) is 16.9 Å². The van der Waals surface area contributed by atoms with E-state index in [-0.39, 0.29) is 41.4 Å². The summed E-state index contributed by atoms with van der Waals surface area (Å²) in [5, 5.41) is 38.5. The molecule has 1 unspecified atom stereocenters. The number of aliphatic imine (C=N–C) groups is 1. The minimum atomic E-state index is -0.325. The largest absolute Gasteiger partial charge is 0.508 e. The first-order valence-electron chi connectivity index (χ1n) is 17.7. The normalized spacial score (nSPS) is 14.6. The molecule has 0 fully saturated rings. The van der Waals surface area contributed by atoms with Crippen molar-refractivity contribution in [2.45, 2.75) is 92.6 Å². The van der Waals surface area contributed by atoms with Crippen molar-refractivity contribution in [3.63, 3.8) is 0 Å². The second-order valence-corrected chi connectivity index (χ2v) is 17.3. The Morgan fingerprint density at radius 3 is 2.22 bits per heavy atom. The molecule has 0 bridgehead atoms. The molecular formula is C40H51N9O2S2Zn. The summed E-state index contributed by atoms with van der Waals surface area (Å²) in [4.78, 5) is 16.0. The van der Waals surface area contributed by atoms with Crippen LogP contribution in [0, 0.1) is 26.2 Å². The summed E-state index contributed by atoms with van der Waals surface area (Å²) in [5.41, 5.74) is 4.59. The summed E-state index contributed by atoms with van der Waals surface area (Å²) in [7, 11) is 0. The zero-order chi connectivity index (χ0) is 38.3. The number of phenolic OH excluding ortho intramolecular Hbond substituents is 2. The van der Waals surface area contributed by atoms with Gasteiger partial charge in [0.25, 0.3) is 0 Å². The second kappa shape index (κ2) is 18.5. The average molecular weight is 819 g/mol. The van der Waals surface area contributed by atoms with Gasteiger partial charge in [-0.15, -0.1) is 10.2 Å². The summed E-state index contributed by atoms with van der Waals surface area (Å²) in [6, 6.07) is 15.4. The number of para-hydroxylation sites is 1. The van der Waals surface area contributed by atoms with Gasteiger partial charge in [0.2, 0.25) is 11.1 Å². The number of nitrogens with zero attached hydrogens (tertiary/aromatic N) is 9. The molecule has 4 heterocycles. The molecule has 2 aromatic carbocycles. The van der Waals surface area contributed by atoms with Gasteiger partial charge in [0.1, 0.15) is 26.9 Å². The fourth-order valence-corrected chi connectivity index (χ4v) is 7.65. The van der Waals surface area contributed by atoms with Crippen LogP contribution in [0.5, 0.6) is 11.5 Å². The summed E-state index contributed by atoms with van der Waals surface area (Å²) < 4.78 is 2.08. The maximum Gasteiger partial charge on any atom is 0.234 e. The van der Waals surface area contributed by atoms with E-state index >= 15 is 0 Å². The Hall–Kier alpha value is -4.13. The van der Waals surface area contributed by atoms with Crippen LogP contribution in [0.25, 0.3) is 0 Å². The van der Waals surface area contributed by atoms with Crippen molar-refractivity contribution in [2.24, 2.45) is 15.5 Å². The van der Waals surface area contributed by atoms with Crippen molar-refractivity contribution >= 4 is 39.2 Å². The minimum Gasteiger partial charge on any atom is -0.508 e. The van der Waals surface area contributed by atoms with Crippen LogP contribution in [-0.4, -0.2) is 62.4 Å². The zero-order valence-corrected chi connectivity index (χ0v) is 37.5. The van der Waals surface area contributed by atoms with Gasteiger partial charge in [0.15, 0.2) is 0 Å². The van der Waals surface area contributed by atoms with Gasteiger partial charge in [-0.25, -0.2) is 9.99 Å². The van der Waals surface area contributed by atoms with Gasteiger partial charge >= 0.3 is 0 Å². The number of aryl methyl sites for hydroxylation is 4. The summed E-state index contributed by atoms with van der Waals surface area (Å²) in [6.07, 6.45) is 10.1. The van der Waals surface area contributed by atoms with Gasteiger partial charge in [0, 0.05) is 80.3 Å². The number of hydrogen-bond donors (Lipinski definition) is 2. The van der Waals surface area contributed by atoms with Crippen molar-refractivity contribution in [2.75, 3.05) is 6.54 Å². The van der Waals surface area contributed by atoms with Crippen LogP contribution in [0.2, 0.25) is 0 Å². The van der Waals surface area contributed by atoms with Crippen LogP contribution in [0.4, 0.5) is 5.13 Å². The van der Waals surface area contributed by atoms with Crippen molar-refractivity contribution in [1.29, 1.82) is 0 Å². The van der Waals surface area contributed by atoms with Crippen LogP contribution in [0.15, 0.2) is 89.7 Å². The van der Waals surface area contributed by atoms with E-state index in [9.17, 15) is 10.2 Å². The molecule has 0 saturated carbocycles. The first-order valence-corrected chi connectivity index (χ1v) is 19.4. The van der Waals surface area contributed by atoms with Gasteiger partial charge < -0.3 is 19.7 Å². The van der Waals surface area contributed by atoms with Crippen molar-refractivity contribution in [3.8, 4) is 11.5 Å². The van der Waals surface area contributed by atoms with Crippen LogP contribution in [-0.2, 0) is 38.0 Å². The molecule has 0 saturated heterocycles. The summed E-state index contributed by atoms with van der Waals surface area (Å²) >= 11 is 3.12. The molecule has 0 aliphatic carbocycles. The first kappa shape index (κ1) is 42.6. The molecule has 1 aliphatic rings. The fraction of sp³-hybridized carbons (Fsp3) is 0.400. The molecule has 11 nitrogen and oxygen atoms in total. The number of hydrogen-bond acceptors (Lipinski definition) is 10. The molecule has 2 N–H and O–H groups in total. The first-order chi connectivity index (χ1) is 25.1. The number of aromatic hydroxyl groups is 2. The second-order valence-electron chi connectivity index (χ2n) is 15.3. The van der Waals surface area contributed by atoms with E-state index in [1.54, 1.807) is 30.2 Å². The van der Waals surface area contributed by atoms with Crippen molar-refractivity contribution < 1.29 is 29.7 Å². The molecule has 0 spiro atoms. The summed E-state index contributed by atoms with van der Waals surface area (Å²) in [6.45, 7) is 20.7. The SMILES string of the molecule is CC(C)(C)C1=NN(/C(=N/c2nnc(C(C)(C)C)s2)N(CCCn2ccnc2)Cc2cccnc2)C(c2ccccc2O)S1.Cc1cc(C)c(O)c(C)c1.[Zn]. The molecule has 14 heteroatoms. The quantitative estimate of drug-likeness (QED) is 0.0895. The number of aromatic nitrogens is 5. The van der Waals surface area contributed by atoms with Crippen LogP contribution >= 0.6 is 23.1 Å². The Labute approximate surface area is 340 Å². The molecular weight excluding hydrogens is 768 g/mol. The maximum atomic E-state index is 11.0. The summed E-state index contributed by atoms with van der Waals surface area (Å²) in [5.74, 6) is 1.29. The average Bonchev–Trinajstić information content (AvgIpc) is 3.88. The number of benzene rings is 2. The smallest absolute Gasteiger partial charge is 0.234 e. The molecule has 1 atom stereocenters. The topological polar surface area (TPSA) is 128 Å². The molecule has 0 radical (unpaired) electrons. The Balaban J connectivity index is 0.000000513. The van der Waals surface area contributed by atoms with E-state index in [2.05, 4.69) is 77.2 Å². The van der Waals surface area contributed by atoms with Crippen molar-refractivity contribution in [3.05, 3.63) is 112 Å². The number of thioether (sulfide) groups is 1. The molecule has 6 rings (SSSR count). The molecule has 282 valence electrons. The zero-order valence-electron chi connectivity index (χ0n) is 32.9. The molecule has 5 aromatic rings. The Morgan fingerprint density at radius 2 is 1.63 bits per heavy atom. The Kier molecular flexibility index (Phi) is 14.6. The predicted octanol–water partition coefficient (Wildman–Crippen LogP) is 9.13. The number of guanidine groups is 1. The molecule has 54 heavy (non-hydrogen) atoms. The van der Waals surface area contributed by atoms with E-state index in [4.69, 9.17) is 10.1 Å². The van der Waals surface area contributed by atoms with Gasteiger partial charge in [-0.3, -0.25) is 4.98 Å². The minimum absolute atomic E-state index is 0. The number of imidazole rings is 1. The maximum absolute atomic E-state index is 11.0. The molecule has 0 amide bonds. The third-order valence-corrected chi connectivity index (χ3v) is 11.2. The monoisotopic (exact) mass is 817 g/mol. The number of rotatable bonds is 8. The predicted molar refractivity (Wildman–Crippen MR) is 217 cm³/mol. The number of pyridine rings is 1. The molecule has 3 aromatic heterocycles. The number of hydrazone groups is 1. The van der Waals surface area contributed by atoms with E-state index in [0.717, 1.165) is 45.3 Å².